The Kier molecular flexibility index (Phi) is 6.29. The van der Waals surface area contributed by atoms with E-state index in [0.29, 0.717) is 69.0 Å². The summed E-state index contributed by atoms with van der Waals surface area (Å²) in [6.45, 7) is 4.29. The molecule has 0 radical (unpaired) electrons. The number of amides is 2. The van der Waals surface area contributed by atoms with Crippen molar-refractivity contribution in [1.29, 1.82) is 0 Å². The molecule has 2 amide bonds. The summed E-state index contributed by atoms with van der Waals surface area (Å²) in [5.41, 5.74) is 0.573. The summed E-state index contributed by atoms with van der Waals surface area (Å²) >= 11 is 0. The Morgan fingerprint density at radius 2 is 2.06 bits per heavy atom. The van der Waals surface area contributed by atoms with Gasteiger partial charge in [-0.05, 0) is 55.1 Å². The third-order valence-electron chi connectivity index (χ3n) is 6.39. The first-order chi connectivity index (χ1) is 15.4. The van der Waals surface area contributed by atoms with Gasteiger partial charge in [-0.25, -0.2) is 9.02 Å². The molecule has 0 aliphatic carbocycles. The van der Waals surface area contributed by atoms with Crippen LogP contribution in [0.2, 0.25) is 0 Å². The molecule has 10 heteroatoms. The number of methoxy groups -OCH3 is 1. The number of ether oxygens (including phenoxy) is 1. The van der Waals surface area contributed by atoms with E-state index in [1.54, 1.807) is 12.1 Å². The molecule has 3 heterocycles. The van der Waals surface area contributed by atoms with E-state index < -0.39 is 5.54 Å². The summed E-state index contributed by atoms with van der Waals surface area (Å²) in [7, 11) is 1.53. The van der Waals surface area contributed by atoms with Gasteiger partial charge in [-0.2, -0.15) is 0 Å². The minimum Gasteiger partial charge on any atom is -0.497 e. The number of aromatic nitrogens is 2. The quantitative estimate of drug-likeness (QED) is 0.694. The molecule has 0 saturated carbocycles. The number of benzene rings is 1. The highest BCUT2D eigenvalue weighted by atomic mass is 19.1. The maximum absolute atomic E-state index is 14.4. The molecule has 2 aliphatic heterocycles. The van der Waals surface area contributed by atoms with E-state index >= 15 is 0 Å². The average Bonchev–Trinajstić information content (AvgIpc) is 3.39. The van der Waals surface area contributed by atoms with Crippen LogP contribution >= 0.6 is 0 Å². The Hall–Kier alpha value is -3.17. The minimum absolute atomic E-state index is 0.0336. The predicted octanol–water partition coefficient (Wildman–Crippen LogP) is 1.85. The fourth-order valence-electron chi connectivity index (χ4n) is 4.55. The number of halogens is 1. The van der Waals surface area contributed by atoms with Crippen molar-refractivity contribution in [1.82, 2.24) is 20.5 Å². The average molecular weight is 445 g/mol. The third kappa shape index (κ3) is 4.68. The SMILES string of the molecule is COc1ccc(F)c(CC2(CCC(=O)N3CCN(c4nonc4C)CC3)CCC(=O)N2)c1. The molecule has 0 bridgehead atoms. The van der Waals surface area contributed by atoms with Crippen molar-refractivity contribution in [2.75, 3.05) is 38.2 Å². The maximum Gasteiger partial charge on any atom is 0.222 e. The Balaban J connectivity index is 1.37. The molecule has 2 aromatic rings. The number of carbonyl (C=O) groups excluding carboxylic acids is 2. The molecular formula is C22H28FN5O4. The fraction of sp³-hybridized carbons (Fsp3) is 0.545. The summed E-state index contributed by atoms with van der Waals surface area (Å²) in [6, 6.07) is 4.59. The van der Waals surface area contributed by atoms with Crippen molar-refractivity contribution in [3.8, 4) is 5.75 Å². The van der Waals surface area contributed by atoms with Gasteiger partial charge in [0, 0.05) is 44.6 Å². The highest BCUT2D eigenvalue weighted by Crippen LogP contribution is 2.32. The first-order valence-electron chi connectivity index (χ1n) is 10.8. The molecule has 2 aliphatic rings. The highest BCUT2D eigenvalue weighted by Gasteiger charge is 2.39. The molecule has 1 N–H and O–H groups in total. The zero-order chi connectivity index (χ0) is 22.7. The highest BCUT2D eigenvalue weighted by molar-refractivity contribution is 5.80. The van der Waals surface area contributed by atoms with Gasteiger partial charge in [-0.1, -0.05) is 5.16 Å². The number of anilines is 1. The van der Waals surface area contributed by atoms with Gasteiger partial charge < -0.3 is 19.9 Å². The molecule has 1 aromatic heterocycles. The zero-order valence-corrected chi connectivity index (χ0v) is 18.4. The first-order valence-corrected chi connectivity index (χ1v) is 10.8. The summed E-state index contributed by atoms with van der Waals surface area (Å²) in [5.74, 6) is 0.904. The second-order valence-electron chi connectivity index (χ2n) is 8.50. The molecule has 172 valence electrons. The van der Waals surface area contributed by atoms with Gasteiger partial charge in [-0.15, -0.1) is 0 Å². The van der Waals surface area contributed by atoms with Gasteiger partial charge in [-0.3, -0.25) is 9.59 Å². The van der Waals surface area contributed by atoms with Crippen molar-refractivity contribution >= 4 is 17.6 Å². The molecular weight excluding hydrogens is 417 g/mol. The zero-order valence-electron chi connectivity index (χ0n) is 18.4. The number of nitrogens with zero attached hydrogens (tertiary/aromatic N) is 4. The molecule has 32 heavy (non-hydrogen) atoms. The Morgan fingerprint density at radius 1 is 1.28 bits per heavy atom. The topological polar surface area (TPSA) is 101 Å². The van der Waals surface area contributed by atoms with Gasteiger partial charge >= 0.3 is 0 Å². The monoisotopic (exact) mass is 445 g/mol. The van der Waals surface area contributed by atoms with E-state index in [1.165, 1.54) is 13.2 Å². The molecule has 2 saturated heterocycles. The van der Waals surface area contributed by atoms with Crippen molar-refractivity contribution in [3.63, 3.8) is 0 Å². The number of rotatable bonds is 7. The lowest BCUT2D eigenvalue weighted by atomic mass is 9.84. The number of piperazine rings is 1. The molecule has 0 spiro atoms. The largest absolute Gasteiger partial charge is 0.497 e. The van der Waals surface area contributed by atoms with Crippen LogP contribution in [0.15, 0.2) is 22.8 Å². The minimum atomic E-state index is -0.634. The predicted molar refractivity (Wildman–Crippen MR) is 114 cm³/mol. The van der Waals surface area contributed by atoms with Crippen LogP contribution in [0.25, 0.3) is 0 Å². The molecule has 4 rings (SSSR count). The molecule has 1 unspecified atom stereocenters. The smallest absolute Gasteiger partial charge is 0.222 e. The normalized spacial score (nSPS) is 21.0. The summed E-state index contributed by atoms with van der Waals surface area (Å²) in [6.07, 6.45) is 2.02. The van der Waals surface area contributed by atoms with Crippen LogP contribution in [0.5, 0.6) is 5.75 Å². The van der Waals surface area contributed by atoms with E-state index in [4.69, 9.17) is 9.37 Å². The van der Waals surface area contributed by atoms with Crippen LogP contribution < -0.4 is 15.0 Å². The number of nitrogens with one attached hydrogen (secondary N) is 1. The van der Waals surface area contributed by atoms with Crippen LogP contribution in [0, 0.1) is 12.7 Å². The van der Waals surface area contributed by atoms with E-state index in [-0.39, 0.29) is 24.1 Å². The van der Waals surface area contributed by atoms with Crippen LogP contribution in [0.3, 0.4) is 0 Å². The third-order valence-corrected chi connectivity index (χ3v) is 6.39. The molecule has 9 nitrogen and oxygen atoms in total. The lowest BCUT2D eigenvalue weighted by Crippen LogP contribution is -2.50. The lowest BCUT2D eigenvalue weighted by molar-refractivity contribution is -0.132. The van der Waals surface area contributed by atoms with Gasteiger partial charge in [0.1, 0.15) is 17.3 Å². The van der Waals surface area contributed by atoms with Crippen LogP contribution in [0.1, 0.15) is 36.9 Å². The van der Waals surface area contributed by atoms with Crippen LogP contribution in [-0.2, 0) is 16.0 Å². The van der Waals surface area contributed by atoms with E-state index in [2.05, 4.69) is 20.5 Å². The summed E-state index contributed by atoms with van der Waals surface area (Å²) in [4.78, 5) is 28.8. The lowest BCUT2D eigenvalue weighted by Gasteiger charge is -2.36. The van der Waals surface area contributed by atoms with Crippen LogP contribution in [-0.4, -0.2) is 65.9 Å². The van der Waals surface area contributed by atoms with Crippen molar-refractivity contribution in [3.05, 3.63) is 35.3 Å². The van der Waals surface area contributed by atoms with Crippen LogP contribution in [0.4, 0.5) is 10.2 Å². The second kappa shape index (κ2) is 9.13. The number of aryl methyl sites for hydroxylation is 1. The standard InChI is InChI=1S/C22H28FN5O4/c1-15-21(26-32-25-15)28-11-9-27(10-12-28)20(30)6-8-22(7-5-19(29)24-22)14-16-13-17(31-2)3-4-18(16)23/h3-4,13H,5-12,14H2,1-2H3,(H,24,29). The number of hydrogen-bond donors (Lipinski definition) is 1. The molecule has 1 aromatic carbocycles. The van der Waals surface area contributed by atoms with E-state index in [1.807, 2.05) is 11.8 Å². The summed E-state index contributed by atoms with van der Waals surface area (Å²) in [5, 5.41) is 10.8. The van der Waals surface area contributed by atoms with Crippen molar-refractivity contribution in [2.45, 2.75) is 44.6 Å². The van der Waals surface area contributed by atoms with E-state index in [0.717, 1.165) is 5.69 Å². The first kappa shape index (κ1) is 22.0. The Morgan fingerprint density at radius 3 is 2.69 bits per heavy atom. The number of hydrogen-bond acceptors (Lipinski definition) is 7. The summed E-state index contributed by atoms with van der Waals surface area (Å²) < 4.78 is 24.4. The maximum atomic E-state index is 14.4. The van der Waals surface area contributed by atoms with E-state index in [9.17, 15) is 14.0 Å². The van der Waals surface area contributed by atoms with Gasteiger partial charge in [0.25, 0.3) is 0 Å². The fourth-order valence-corrected chi connectivity index (χ4v) is 4.55. The van der Waals surface area contributed by atoms with Crippen molar-refractivity contribution < 1.29 is 23.3 Å². The molecule has 2 fully saturated rings. The Bertz CT molecular complexity index is 988. The molecule has 1 atom stereocenters. The van der Waals surface area contributed by atoms with Gasteiger partial charge in [0.2, 0.25) is 11.8 Å². The van der Waals surface area contributed by atoms with Gasteiger partial charge in [0.15, 0.2) is 5.82 Å². The Labute approximate surface area is 185 Å². The second-order valence-corrected chi connectivity index (χ2v) is 8.50. The van der Waals surface area contributed by atoms with Crippen molar-refractivity contribution in [2.24, 2.45) is 0 Å². The van der Waals surface area contributed by atoms with Gasteiger partial charge in [0.05, 0.1) is 7.11 Å². The number of carbonyl (C=O) groups is 2.